The second-order valence-corrected chi connectivity index (χ2v) is 6.19. The first-order valence-electron chi connectivity index (χ1n) is 7.77. The molecule has 0 radical (unpaired) electrons. The Morgan fingerprint density at radius 3 is 2.26 bits per heavy atom. The summed E-state index contributed by atoms with van der Waals surface area (Å²) in [6, 6.07) is 6.26. The minimum atomic E-state index is -0.986. The van der Waals surface area contributed by atoms with Gasteiger partial charge in [-0.1, -0.05) is 19.1 Å². The molecule has 1 aromatic carbocycles. The van der Waals surface area contributed by atoms with Crippen LogP contribution >= 0.6 is 0 Å². The van der Waals surface area contributed by atoms with Gasteiger partial charge in [-0.2, -0.15) is 0 Å². The van der Waals surface area contributed by atoms with Crippen LogP contribution in [0, 0.1) is 5.41 Å². The molecule has 23 heavy (non-hydrogen) atoms. The van der Waals surface area contributed by atoms with Crippen molar-refractivity contribution < 1.29 is 24.2 Å². The highest BCUT2D eigenvalue weighted by atomic mass is 16.5. The summed E-state index contributed by atoms with van der Waals surface area (Å²) in [6.07, 6.45) is 1.80. The van der Waals surface area contributed by atoms with Crippen LogP contribution in [0.15, 0.2) is 24.3 Å². The Hall–Kier alpha value is -2.17. The third-order valence-electron chi connectivity index (χ3n) is 3.87. The number of hydrogen-bond donors (Lipinski definition) is 1. The molecule has 0 aliphatic heterocycles. The maximum absolute atomic E-state index is 11.9. The largest absolute Gasteiger partial charge is 0.478 e. The molecule has 0 amide bonds. The van der Waals surface area contributed by atoms with E-state index in [0.29, 0.717) is 19.3 Å². The molecule has 0 saturated heterocycles. The lowest BCUT2D eigenvalue weighted by atomic mass is 9.91. The van der Waals surface area contributed by atoms with E-state index in [4.69, 9.17) is 9.84 Å². The average molecular weight is 320 g/mol. The molecular weight excluding hydrogens is 296 g/mol. The summed E-state index contributed by atoms with van der Waals surface area (Å²) in [5.41, 5.74) is 0.492. The number of carbonyl (C=O) groups is 3. The molecule has 5 nitrogen and oxygen atoms in total. The zero-order valence-corrected chi connectivity index (χ0v) is 13.9. The van der Waals surface area contributed by atoms with Crippen molar-refractivity contribution in [3.8, 4) is 0 Å². The molecule has 1 aromatic rings. The van der Waals surface area contributed by atoms with Crippen LogP contribution in [0.1, 0.15) is 56.0 Å². The predicted octanol–water partition coefficient (Wildman–Crippen LogP) is 3.26. The maximum atomic E-state index is 11.9. The van der Waals surface area contributed by atoms with E-state index in [9.17, 15) is 14.4 Å². The average Bonchev–Trinajstić information content (AvgIpc) is 2.51. The van der Waals surface area contributed by atoms with Gasteiger partial charge in [0.15, 0.2) is 0 Å². The molecule has 0 unspecified atom stereocenters. The normalized spacial score (nSPS) is 11.1. The second-order valence-electron chi connectivity index (χ2n) is 6.19. The van der Waals surface area contributed by atoms with Gasteiger partial charge in [-0.25, -0.2) is 4.79 Å². The topological polar surface area (TPSA) is 80.7 Å². The lowest BCUT2D eigenvalue weighted by Crippen LogP contribution is -2.26. The first-order chi connectivity index (χ1) is 10.8. The van der Waals surface area contributed by atoms with Crippen LogP contribution in [0.25, 0.3) is 0 Å². The Labute approximate surface area is 136 Å². The van der Waals surface area contributed by atoms with Gasteiger partial charge in [-0.05, 0) is 44.4 Å². The second kappa shape index (κ2) is 8.46. The number of rotatable bonds is 9. The molecule has 0 aliphatic rings. The van der Waals surface area contributed by atoms with Crippen LogP contribution in [-0.2, 0) is 20.7 Å². The molecule has 0 saturated carbocycles. The number of hydrogen-bond acceptors (Lipinski definition) is 4. The summed E-state index contributed by atoms with van der Waals surface area (Å²) in [4.78, 5) is 34.4. The smallest absolute Gasteiger partial charge is 0.335 e. The van der Waals surface area contributed by atoms with E-state index in [1.165, 1.54) is 12.1 Å². The Balaban J connectivity index is 2.32. The molecule has 5 heteroatoms. The Kier molecular flexibility index (Phi) is 6.94. The fourth-order valence-corrected chi connectivity index (χ4v) is 1.86. The van der Waals surface area contributed by atoms with Gasteiger partial charge in [0.05, 0.1) is 17.6 Å². The van der Waals surface area contributed by atoms with E-state index in [1.807, 2.05) is 20.8 Å². The summed E-state index contributed by atoms with van der Waals surface area (Å²) in [5.74, 6) is -1.18. The number of carboxylic acids is 1. The molecule has 126 valence electrons. The fraction of sp³-hybridized carbons (Fsp3) is 0.500. The van der Waals surface area contributed by atoms with Gasteiger partial charge in [0.1, 0.15) is 5.78 Å². The van der Waals surface area contributed by atoms with E-state index >= 15 is 0 Å². The highest BCUT2D eigenvalue weighted by Crippen LogP contribution is 2.21. The summed E-state index contributed by atoms with van der Waals surface area (Å²) >= 11 is 0. The quantitative estimate of drug-likeness (QED) is 0.558. The standard InChI is InChI=1S/C18H24O5/c1-4-18(2,3)17(22)23-11-5-6-15(19)12-13-7-9-14(10-8-13)16(20)21/h7-10H,4-6,11-12H2,1-3H3,(H,20,21). The van der Waals surface area contributed by atoms with E-state index in [0.717, 1.165) is 5.56 Å². The lowest BCUT2D eigenvalue weighted by molar-refractivity contribution is -0.154. The van der Waals surface area contributed by atoms with Gasteiger partial charge in [0, 0.05) is 12.8 Å². The number of benzene rings is 1. The van der Waals surface area contributed by atoms with Crippen molar-refractivity contribution >= 4 is 17.7 Å². The Morgan fingerprint density at radius 2 is 1.74 bits per heavy atom. The number of esters is 1. The number of aromatic carboxylic acids is 1. The van der Waals surface area contributed by atoms with Gasteiger partial charge in [-0.3, -0.25) is 9.59 Å². The van der Waals surface area contributed by atoms with Gasteiger partial charge >= 0.3 is 11.9 Å². The fourth-order valence-electron chi connectivity index (χ4n) is 1.86. The molecule has 0 heterocycles. The zero-order valence-electron chi connectivity index (χ0n) is 13.9. The molecular formula is C18H24O5. The molecule has 1 rings (SSSR count). The highest BCUT2D eigenvalue weighted by Gasteiger charge is 2.26. The molecule has 0 spiro atoms. The van der Waals surface area contributed by atoms with Crippen molar-refractivity contribution in [3.05, 3.63) is 35.4 Å². The van der Waals surface area contributed by atoms with Crippen molar-refractivity contribution in [2.75, 3.05) is 6.61 Å². The van der Waals surface area contributed by atoms with E-state index in [-0.39, 0.29) is 30.3 Å². The van der Waals surface area contributed by atoms with Gasteiger partial charge in [0.2, 0.25) is 0 Å². The van der Waals surface area contributed by atoms with Crippen molar-refractivity contribution in [1.29, 1.82) is 0 Å². The third-order valence-corrected chi connectivity index (χ3v) is 3.87. The maximum Gasteiger partial charge on any atom is 0.335 e. The molecule has 0 fully saturated rings. The van der Waals surface area contributed by atoms with Gasteiger partial charge in [0.25, 0.3) is 0 Å². The minimum Gasteiger partial charge on any atom is -0.478 e. The van der Waals surface area contributed by atoms with Crippen LogP contribution < -0.4 is 0 Å². The number of carboxylic acid groups (broad SMARTS) is 1. The van der Waals surface area contributed by atoms with Crippen LogP contribution in [0.4, 0.5) is 0 Å². The molecule has 0 aliphatic carbocycles. The summed E-state index contributed by atoms with van der Waals surface area (Å²) in [7, 11) is 0. The van der Waals surface area contributed by atoms with Crippen LogP contribution in [0.5, 0.6) is 0 Å². The first kappa shape index (κ1) is 18.9. The molecule has 0 aromatic heterocycles. The van der Waals surface area contributed by atoms with Crippen molar-refractivity contribution in [3.63, 3.8) is 0 Å². The SMILES string of the molecule is CCC(C)(C)C(=O)OCCCC(=O)Cc1ccc(C(=O)O)cc1. The number of ether oxygens (including phenoxy) is 1. The van der Waals surface area contributed by atoms with Crippen molar-refractivity contribution in [2.45, 2.75) is 46.5 Å². The molecule has 0 bridgehead atoms. The van der Waals surface area contributed by atoms with Gasteiger partial charge in [-0.15, -0.1) is 0 Å². The van der Waals surface area contributed by atoms with E-state index in [2.05, 4.69) is 0 Å². The Bertz CT molecular complexity index is 557. The van der Waals surface area contributed by atoms with Crippen molar-refractivity contribution in [2.24, 2.45) is 5.41 Å². The van der Waals surface area contributed by atoms with Crippen LogP contribution in [-0.4, -0.2) is 29.4 Å². The lowest BCUT2D eigenvalue weighted by Gasteiger charge is -2.20. The number of Topliss-reactive ketones (excluding diaryl/α,β-unsaturated/α-hetero) is 1. The first-order valence-corrected chi connectivity index (χ1v) is 7.77. The summed E-state index contributed by atoms with van der Waals surface area (Å²) < 4.78 is 5.18. The number of carbonyl (C=O) groups excluding carboxylic acids is 2. The van der Waals surface area contributed by atoms with E-state index < -0.39 is 11.4 Å². The van der Waals surface area contributed by atoms with Crippen LogP contribution in [0.2, 0.25) is 0 Å². The zero-order chi connectivity index (χ0) is 17.5. The van der Waals surface area contributed by atoms with Crippen molar-refractivity contribution in [1.82, 2.24) is 0 Å². The predicted molar refractivity (Wildman–Crippen MR) is 86.4 cm³/mol. The summed E-state index contributed by atoms with van der Waals surface area (Å²) in [6.45, 7) is 5.84. The third kappa shape index (κ3) is 6.22. The van der Waals surface area contributed by atoms with Crippen LogP contribution in [0.3, 0.4) is 0 Å². The highest BCUT2D eigenvalue weighted by molar-refractivity contribution is 5.88. The number of ketones is 1. The Morgan fingerprint density at radius 1 is 1.13 bits per heavy atom. The summed E-state index contributed by atoms with van der Waals surface area (Å²) in [5, 5.41) is 8.81. The van der Waals surface area contributed by atoms with E-state index in [1.54, 1.807) is 12.1 Å². The van der Waals surface area contributed by atoms with Gasteiger partial charge < -0.3 is 9.84 Å². The molecule has 0 atom stereocenters. The molecule has 1 N–H and O–H groups in total. The minimum absolute atomic E-state index is 0.0406. The monoisotopic (exact) mass is 320 g/mol.